The van der Waals surface area contributed by atoms with Crippen LogP contribution in [0.5, 0.6) is 0 Å². The number of likely N-dealkylation sites (tertiary alicyclic amines) is 1. The summed E-state index contributed by atoms with van der Waals surface area (Å²) in [5, 5.41) is 6.48. The van der Waals surface area contributed by atoms with Gasteiger partial charge in [-0.2, -0.15) is 0 Å². The second-order valence-corrected chi connectivity index (χ2v) is 7.27. The fourth-order valence-corrected chi connectivity index (χ4v) is 3.58. The van der Waals surface area contributed by atoms with Gasteiger partial charge in [0.05, 0.1) is 6.61 Å². The monoisotopic (exact) mass is 358 g/mol. The third-order valence-electron chi connectivity index (χ3n) is 5.32. The topological polar surface area (TPSA) is 66.0 Å². The van der Waals surface area contributed by atoms with Crippen molar-refractivity contribution in [3.05, 3.63) is 29.8 Å². The molecule has 1 aliphatic carbocycles. The van der Waals surface area contributed by atoms with E-state index >= 15 is 0 Å². The molecule has 0 radical (unpaired) electrons. The molecule has 0 aromatic heterocycles. The molecule has 1 aromatic rings. The number of ether oxygens (including phenoxy) is 1. The number of rotatable bonds is 6. The van der Waals surface area contributed by atoms with Crippen molar-refractivity contribution in [2.75, 3.05) is 39.2 Å². The fraction of sp³-hybridized carbons (Fsp3) is 0.600. The Morgan fingerprint density at radius 2 is 2.19 bits per heavy atom. The number of carbonyl (C=O) groups is 1. The minimum atomic E-state index is 0.151. The lowest BCUT2D eigenvalue weighted by molar-refractivity contribution is -0.122. The van der Waals surface area contributed by atoms with Crippen LogP contribution >= 0.6 is 0 Å². The van der Waals surface area contributed by atoms with Gasteiger partial charge in [0.1, 0.15) is 0 Å². The van der Waals surface area contributed by atoms with E-state index in [0.29, 0.717) is 12.5 Å². The Balaban J connectivity index is 1.52. The zero-order valence-corrected chi connectivity index (χ0v) is 15.8. The van der Waals surface area contributed by atoms with Crippen molar-refractivity contribution in [3.8, 4) is 0 Å². The summed E-state index contributed by atoms with van der Waals surface area (Å²) < 4.78 is 5.27. The number of nitrogens with one attached hydrogen (secondary N) is 2. The van der Waals surface area contributed by atoms with Crippen molar-refractivity contribution in [3.63, 3.8) is 0 Å². The van der Waals surface area contributed by atoms with E-state index in [2.05, 4.69) is 26.6 Å². The maximum Gasteiger partial charge on any atom is 0.227 e. The summed E-state index contributed by atoms with van der Waals surface area (Å²) in [5.41, 5.74) is 2.00. The molecular weight excluding hydrogens is 328 g/mol. The quantitative estimate of drug-likeness (QED) is 0.606. The Kier molecular flexibility index (Phi) is 6.50. The molecule has 0 bridgehead atoms. The van der Waals surface area contributed by atoms with Gasteiger partial charge in [-0.1, -0.05) is 18.6 Å². The lowest BCUT2D eigenvalue weighted by atomic mass is 9.85. The lowest BCUT2D eigenvalue weighted by Gasteiger charge is -2.24. The summed E-state index contributed by atoms with van der Waals surface area (Å²) in [6.45, 7) is 3.47. The third kappa shape index (κ3) is 4.75. The molecule has 1 aromatic carbocycles. The fourth-order valence-electron chi connectivity index (χ4n) is 3.58. The maximum atomic E-state index is 12.1. The third-order valence-corrected chi connectivity index (χ3v) is 5.32. The molecule has 1 atom stereocenters. The number of benzene rings is 1. The zero-order valence-electron chi connectivity index (χ0n) is 15.8. The van der Waals surface area contributed by atoms with Crippen molar-refractivity contribution in [1.82, 2.24) is 10.2 Å². The van der Waals surface area contributed by atoms with Gasteiger partial charge in [0, 0.05) is 51.3 Å². The van der Waals surface area contributed by atoms with Crippen LogP contribution in [0.3, 0.4) is 0 Å². The van der Waals surface area contributed by atoms with Crippen LogP contribution in [0.2, 0.25) is 0 Å². The maximum absolute atomic E-state index is 12.1. The lowest BCUT2D eigenvalue weighted by Crippen LogP contribution is -2.39. The Hall–Kier alpha value is -2.08. The molecule has 1 aliphatic heterocycles. The average molecular weight is 358 g/mol. The van der Waals surface area contributed by atoms with Crippen LogP contribution in [0.15, 0.2) is 29.3 Å². The van der Waals surface area contributed by atoms with Crippen LogP contribution in [0, 0.1) is 11.8 Å². The highest BCUT2D eigenvalue weighted by Crippen LogP contribution is 2.27. The number of carbonyl (C=O) groups excluding carboxylic acids is 1. The zero-order chi connectivity index (χ0) is 18.4. The Labute approximate surface area is 156 Å². The van der Waals surface area contributed by atoms with Crippen molar-refractivity contribution in [1.29, 1.82) is 0 Å². The van der Waals surface area contributed by atoms with E-state index in [4.69, 9.17) is 4.74 Å². The summed E-state index contributed by atoms with van der Waals surface area (Å²) in [6.07, 6.45) is 4.34. The van der Waals surface area contributed by atoms with E-state index in [-0.39, 0.29) is 11.8 Å². The van der Waals surface area contributed by atoms with E-state index in [1.54, 1.807) is 7.11 Å². The summed E-state index contributed by atoms with van der Waals surface area (Å²) in [4.78, 5) is 18.8. The molecule has 6 heteroatoms. The molecule has 1 saturated heterocycles. The van der Waals surface area contributed by atoms with E-state index in [1.807, 2.05) is 25.2 Å². The summed E-state index contributed by atoms with van der Waals surface area (Å²) in [7, 11) is 3.58. The van der Waals surface area contributed by atoms with Gasteiger partial charge >= 0.3 is 0 Å². The predicted molar refractivity (Wildman–Crippen MR) is 104 cm³/mol. The van der Waals surface area contributed by atoms with Crippen molar-refractivity contribution in [2.24, 2.45) is 16.8 Å². The second kappa shape index (κ2) is 9.03. The van der Waals surface area contributed by atoms with Crippen LogP contribution in [0.25, 0.3) is 0 Å². The number of hydrogen-bond acceptors (Lipinski definition) is 3. The van der Waals surface area contributed by atoms with Gasteiger partial charge in [0.2, 0.25) is 5.91 Å². The molecular formula is C20H30N4O2. The van der Waals surface area contributed by atoms with E-state index < -0.39 is 0 Å². The van der Waals surface area contributed by atoms with Crippen LogP contribution in [-0.2, 0) is 16.1 Å². The molecule has 1 amide bonds. The van der Waals surface area contributed by atoms with Gasteiger partial charge in [-0.25, -0.2) is 0 Å². The minimum absolute atomic E-state index is 0.151. The van der Waals surface area contributed by atoms with Crippen molar-refractivity contribution in [2.45, 2.75) is 32.2 Å². The summed E-state index contributed by atoms with van der Waals surface area (Å²) >= 11 is 0. The summed E-state index contributed by atoms with van der Waals surface area (Å²) in [6, 6.07) is 8.04. The highest BCUT2D eigenvalue weighted by molar-refractivity contribution is 5.93. The first kappa shape index (κ1) is 18.7. The number of guanidine groups is 1. The minimum Gasteiger partial charge on any atom is -0.384 e. The van der Waals surface area contributed by atoms with Gasteiger partial charge in [0.25, 0.3) is 0 Å². The van der Waals surface area contributed by atoms with Crippen molar-refractivity contribution >= 4 is 17.6 Å². The largest absolute Gasteiger partial charge is 0.384 e. The molecule has 3 rings (SSSR count). The van der Waals surface area contributed by atoms with Crippen LogP contribution < -0.4 is 10.6 Å². The van der Waals surface area contributed by atoms with E-state index in [9.17, 15) is 4.79 Å². The Morgan fingerprint density at radius 1 is 1.35 bits per heavy atom. The van der Waals surface area contributed by atoms with Gasteiger partial charge < -0.3 is 20.3 Å². The Bertz CT molecular complexity index is 642. The Morgan fingerprint density at radius 3 is 2.88 bits per heavy atom. The number of methoxy groups -OCH3 is 1. The standard InChI is InChI=1S/C20H30N4O2/c1-21-20(24-10-9-16(13-24)14-26-2)22-12-15-5-3-8-18(11-15)23-19(25)17-6-4-7-17/h3,5,8,11,16-17H,4,6-7,9-10,12-14H2,1-2H3,(H,21,22)(H,23,25). The molecule has 1 unspecified atom stereocenters. The molecule has 142 valence electrons. The van der Waals surface area contributed by atoms with E-state index in [0.717, 1.165) is 56.2 Å². The molecule has 26 heavy (non-hydrogen) atoms. The number of anilines is 1. The molecule has 0 spiro atoms. The summed E-state index contributed by atoms with van der Waals surface area (Å²) in [5.74, 6) is 1.85. The van der Waals surface area contributed by atoms with E-state index in [1.165, 1.54) is 6.42 Å². The van der Waals surface area contributed by atoms with Gasteiger partial charge in [0.15, 0.2) is 5.96 Å². The second-order valence-electron chi connectivity index (χ2n) is 7.27. The molecule has 1 heterocycles. The molecule has 1 saturated carbocycles. The highest BCUT2D eigenvalue weighted by atomic mass is 16.5. The normalized spacial score (nSPS) is 20.8. The number of nitrogens with zero attached hydrogens (tertiary/aromatic N) is 2. The van der Waals surface area contributed by atoms with Gasteiger partial charge in [-0.3, -0.25) is 9.79 Å². The average Bonchev–Trinajstić information content (AvgIpc) is 3.03. The number of hydrogen-bond donors (Lipinski definition) is 2. The predicted octanol–water partition coefficient (Wildman–Crippen LogP) is 2.47. The smallest absolute Gasteiger partial charge is 0.227 e. The van der Waals surface area contributed by atoms with Crippen LogP contribution in [-0.4, -0.2) is 50.6 Å². The first-order valence-electron chi connectivity index (χ1n) is 9.54. The number of amides is 1. The van der Waals surface area contributed by atoms with Crippen LogP contribution in [0.1, 0.15) is 31.2 Å². The first-order valence-corrected chi connectivity index (χ1v) is 9.54. The number of aliphatic imine (C=N–C) groups is 1. The van der Waals surface area contributed by atoms with Crippen molar-refractivity contribution < 1.29 is 9.53 Å². The van der Waals surface area contributed by atoms with Gasteiger partial charge in [-0.15, -0.1) is 0 Å². The van der Waals surface area contributed by atoms with Crippen LogP contribution in [0.4, 0.5) is 5.69 Å². The molecule has 6 nitrogen and oxygen atoms in total. The molecule has 2 aliphatic rings. The highest BCUT2D eigenvalue weighted by Gasteiger charge is 2.26. The van der Waals surface area contributed by atoms with Gasteiger partial charge in [-0.05, 0) is 37.0 Å². The molecule has 2 N–H and O–H groups in total. The first-order chi connectivity index (χ1) is 12.7. The molecule has 2 fully saturated rings. The SMILES string of the molecule is CN=C(NCc1cccc(NC(=O)C2CCC2)c1)N1CCC(COC)C1.